The fourth-order valence-corrected chi connectivity index (χ4v) is 2.59. The van der Waals surface area contributed by atoms with Gasteiger partial charge in [0, 0.05) is 25.4 Å². The Balaban J connectivity index is 1.85. The second kappa shape index (κ2) is 9.54. The van der Waals surface area contributed by atoms with Gasteiger partial charge >= 0.3 is 0 Å². The van der Waals surface area contributed by atoms with Gasteiger partial charge in [0.15, 0.2) is 6.61 Å². The van der Waals surface area contributed by atoms with Gasteiger partial charge in [0.2, 0.25) is 0 Å². The van der Waals surface area contributed by atoms with E-state index in [2.05, 4.69) is 5.32 Å². The predicted molar refractivity (Wildman–Crippen MR) is 98.3 cm³/mol. The van der Waals surface area contributed by atoms with Crippen LogP contribution in [0.2, 0.25) is 0 Å². The number of nitrogens with zero attached hydrogens (tertiary/aromatic N) is 1. The number of rotatable bonds is 8. The lowest BCUT2D eigenvalue weighted by atomic mass is 10.0. The summed E-state index contributed by atoms with van der Waals surface area (Å²) in [4.78, 5) is 26.2. The zero-order chi connectivity index (χ0) is 19.0. The number of amides is 2. The highest BCUT2D eigenvalue weighted by Gasteiger charge is 2.31. The van der Waals surface area contributed by atoms with Gasteiger partial charge in [-0.2, -0.15) is 0 Å². The Morgan fingerprint density at radius 1 is 1.19 bits per heavy atom. The molecule has 1 aromatic rings. The van der Waals surface area contributed by atoms with Gasteiger partial charge in [-0.15, -0.1) is 0 Å². The third kappa shape index (κ3) is 5.44. The molecule has 1 aliphatic rings. The van der Waals surface area contributed by atoms with Crippen LogP contribution in [0.3, 0.4) is 0 Å². The van der Waals surface area contributed by atoms with Crippen LogP contribution in [-0.4, -0.2) is 61.8 Å². The Bertz CT molecular complexity index is 598. The second-order valence-corrected chi connectivity index (χ2v) is 6.28. The maximum Gasteiger partial charge on any atom is 0.260 e. The molecular weight excluding hydrogens is 336 g/mol. The lowest BCUT2D eigenvalue weighted by Crippen LogP contribution is -2.43. The first kappa shape index (κ1) is 20.2. The Hall–Kier alpha value is -2.12. The molecule has 1 N–H and O–H groups in total. The summed E-state index contributed by atoms with van der Waals surface area (Å²) in [5.41, 5.74) is -0.199. The Morgan fingerprint density at radius 2 is 1.85 bits per heavy atom. The van der Waals surface area contributed by atoms with Crippen LogP contribution in [0.15, 0.2) is 24.3 Å². The summed E-state index contributed by atoms with van der Waals surface area (Å²) in [7, 11) is 0. The van der Waals surface area contributed by atoms with E-state index in [4.69, 9.17) is 14.2 Å². The summed E-state index contributed by atoms with van der Waals surface area (Å²) >= 11 is 0. The summed E-state index contributed by atoms with van der Waals surface area (Å²) in [5.74, 6) is 0.340. The predicted octanol–water partition coefficient (Wildman–Crippen LogP) is 2.07. The van der Waals surface area contributed by atoms with Gasteiger partial charge in [-0.05, 0) is 44.5 Å². The van der Waals surface area contributed by atoms with Crippen molar-refractivity contribution < 1.29 is 23.8 Å². The van der Waals surface area contributed by atoms with E-state index in [0.717, 1.165) is 0 Å². The van der Waals surface area contributed by atoms with Crippen molar-refractivity contribution in [2.45, 2.75) is 32.8 Å². The van der Waals surface area contributed by atoms with E-state index < -0.39 is 5.60 Å². The molecule has 1 saturated heterocycles. The molecule has 1 aliphatic heterocycles. The topological polar surface area (TPSA) is 77.1 Å². The number of hydrogen-bond acceptors (Lipinski definition) is 5. The average molecular weight is 364 g/mol. The molecule has 7 heteroatoms. The van der Waals surface area contributed by atoms with E-state index in [1.807, 2.05) is 13.8 Å². The summed E-state index contributed by atoms with van der Waals surface area (Å²) in [5, 5.41) is 2.85. The molecule has 0 aliphatic carbocycles. The number of nitrogens with one attached hydrogen (secondary N) is 1. The summed E-state index contributed by atoms with van der Waals surface area (Å²) in [6, 6.07) is 6.95. The normalized spacial score (nSPS) is 16.7. The lowest BCUT2D eigenvalue weighted by molar-refractivity contribution is -0.139. The molecule has 0 radical (unpaired) electrons. The molecule has 7 nitrogen and oxygen atoms in total. The van der Waals surface area contributed by atoms with Gasteiger partial charge in [0.25, 0.3) is 11.8 Å². The van der Waals surface area contributed by atoms with Gasteiger partial charge in [0.05, 0.1) is 13.2 Å². The van der Waals surface area contributed by atoms with Gasteiger partial charge in [-0.1, -0.05) is 6.92 Å². The van der Waals surface area contributed by atoms with Crippen molar-refractivity contribution in [3.05, 3.63) is 24.3 Å². The number of anilines is 1. The number of carbonyl (C=O) groups is 2. The van der Waals surface area contributed by atoms with Crippen molar-refractivity contribution in [2.75, 3.05) is 44.8 Å². The zero-order valence-corrected chi connectivity index (χ0v) is 15.7. The molecule has 144 valence electrons. The minimum Gasteiger partial charge on any atom is -0.484 e. The van der Waals surface area contributed by atoms with Crippen molar-refractivity contribution in [2.24, 2.45) is 0 Å². The molecular formula is C19H28N2O5. The van der Waals surface area contributed by atoms with Crippen LogP contribution in [-0.2, 0) is 19.1 Å². The molecule has 1 aromatic carbocycles. The summed E-state index contributed by atoms with van der Waals surface area (Å²) in [6.45, 7) is 8.36. The van der Waals surface area contributed by atoms with Gasteiger partial charge in [-0.25, -0.2) is 0 Å². The molecule has 0 spiro atoms. The molecule has 2 amide bonds. The summed E-state index contributed by atoms with van der Waals surface area (Å²) in [6.07, 6.45) is 0.581. The van der Waals surface area contributed by atoms with Crippen LogP contribution in [0, 0.1) is 0 Å². The fraction of sp³-hybridized carbons (Fsp3) is 0.579. The SMILES string of the molecule is CCO[C@@](C)(CC)C(=O)Nc1ccc(OCC(=O)N2CCOCC2)cc1. The van der Waals surface area contributed by atoms with Crippen molar-refractivity contribution in [1.82, 2.24) is 4.90 Å². The molecule has 1 atom stereocenters. The molecule has 0 unspecified atom stereocenters. The first-order valence-corrected chi connectivity index (χ1v) is 9.02. The lowest BCUT2D eigenvalue weighted by Gasteiger charge is -2.27. The number of benzene rings is 1. The molecule has 2 rings (SSSR count). The van der Waals surface area contributed by atoms with E-state index in [0.29, 0.717) is 50.8 Å². The Labute approximate surface area is 154 Å². The van der Waals surface area contributed by atoms with Crippen LogP contribution >= 0.6 is 0 Å². The highest BCUT2D eigenvalue weighted by Crippen LogP contribution is 2.20. The molecule has 0 saturated carbocycles. The van der Waals surface area contributed by atoms with E-state index in [1.165, 1.54) is 0 Å². The standard InChI is InChI=1S/C19H28N2O5/c1-4-19(3,26-5-2)18(23)20-15-6-8-16(9-7-15)25-14-17(22)21-10-12-24-13-11-21/h6-9H,4-5,10-14H2,1-3H3,(H,20,23)/t19-/m0/s1. The number of hydrogen-bond donors (Lipinski definition) is 1. The highest BCUT2D eigenvalue weighted by atomic mass is 16.5. The maximum atomic E-state index is 12.4. The van der Waals surface area contributed by atoms with Crippen LogP contribution < -0.4 is 10.1 Å². The van der Waals surface area contributed by atoms with Crippen LogP contribution in [0.4, 0.5) is 5.69 Å². The van der Waals surface area contributed by atoms with Crippen molar-refractivity contribution in [3.8, 4) is 5.75 Å². The Kier molecular flexibility index (Phi) is 7.41. The Morgan fingerprint density at radius 3 is 2.42 bits per heavy atom. The molecule has 1 heterocycles. The first-order valence-electron chi connectivity index (χ1n) is 9.02. The highest BCUT2D eigenvalue weighted by molar-refractivity contribution is 5.97. The fourth-order valence-electron chi connectivity index (χ4n) is 2.59. The third-order valence-corrected chi connectivity index (χ3v) is 4.46. The average Bonchev–Trinajstić information content (AvgIpc) is 2.68. The number of morpholine rings is 1. The van der Waals surface area contributed by atoms with Crippen molar-refractivity contribution >= 4 is 17.5 Å². The van der Waals surface area contributed by atoms with E-state index >= 15 is 0 Å². The minimum absolute atomic E-state index is 0.00997. The van der Waals surface area contributed by atoms with Crippen LogP contribution in [0.5, 0.6) is 5.75 Å². The van der Waals surface area contributed by atoms with Gasteiger partial charge in [0.1, 0.15) is 11.4 Å². The largest absolute Gasteiger partial charge is 0.484 e. The van der Waals surface area contributed by atoms with Crippen molar-refractivity contribution in [3.63, 3.8) is 0 Å². The van der Waals surface area contributed by atoms with Crippen molar-refractivity contribution in [1.29, 1.82) is 0 Å². The van der Waals surface area contributed by atoms with E-state index in [-0.39, 0.29) is 18.4 Å². The minimum atomic E-state index is -0.853. The number of ether oxygens (including phenoxy) is 3. The van der Waals surface area contributed by atoms with E-state index in [1.54, 1.807) is 36.1 Å². The van der Waals surface area contributed by atoms with Gasteiger partial charge < -0.3 is 24.4 Å². The molecule has 26 heavy (non-hydrogen) atoms. The number of carbonyl (C=O) groups excluding carboxylic acids is 2. The maximum absolute atomic E-state index is 12.4. The molecule has 0 bridgehead atoms. The third-order valence-electron chi connectivity index (χ3n) is 4.46. The monoisotopic (exact) mass is 364 g/mol. The quantitative estimate of drug-likeness (QED) is 0.764. The smallest absolute Gasteiger partial charge is 0.260 e. The zero-order valence-electron chi connectivity index (χ0n) is 15.7. The molecule has 1 fully saturated rings. The van der Waals surface area contributed by atoms with Crippen LogP contribution in [0.25, 0.3) is 0 Å². The van der Waals surface area contributed by atoms with E-state index in [9.17, 15) is 9.59 Å². The second-order valence-electron chi connectivity index (χ2n) is 6.28. The molecule has 0 aromatic heterocycles. The van der Waals surface area contributed by atoms with Crippen LogP contribution in [0.1, 0.15) is 27.2 Å². The first-order chi connectivity index (χ1) is 12.5. The summed E-state index contributed by atoms with van der Waals surface area (Å²) < 4.78 is 16.3. The van der Waals surface area contributed by atoms with Gasteiger partial charge in [-0.3, -0.25) is 9.59 Å².